The molecule has 4 aliphatic rings. The number of carboxylic acid groups (broad SMARTS) is 2. The number of fused-ring (bicyclic) bond motifs is 5. The van der Waals surface area contributed by atoms with Gasteiger partial charge in [0.15, 0.2) is 0 Å². The molecule has 0 aromatic rings. The van der Waals surface area contributed by atoms with Gasteiger partial charge >= 0.3 is 11.9 Å². The standard InChI is InChI=1S/C49H82N6O10/c1-30(2)10-9-11-31(3)36-15-16-37-35-14-13-33-26-34(21-23-48(33,5)38(35)22-24-49(36,37)6)50-25-8-7-12-41(57)54-40(18-20-45(62)63)47(65)55-39(17-19-44(60)61)46(64)52-27-42(58)51-28-43(59)53-32(4)29-56/h13,30-32,34-40,50,56H,7-12,14-29H2,1-6H3,(H,51,58)(H,52,64)(H,53,59)(H,54,57)(H,55,65)(H,60,61)(H,62,63)/t31-,32-,34+,35?,36?,37?,38?,39+,40+,48?,49?/m1/s1. The first-order valence-electron chi connectivity index (χ1n) is 24.7. The van der Waals surface area contributed by atoms with Crippen LogP contribution in [-0.4, -0.2) is 107 Å². The molecular formula is C49H82N6O10. The molecule has 65 heavy (non-hydrogen) atoms. The molecule has 3 fully saturated rings. The minimum absolute atomic E-state index is 0.0993. The van der Waals surface area contributed by atoms with Crippen molar-refractivity contribution in [2.45, 2.75) is 181 Å². The number of aliphatic hydroxyl groups excluding tert-OH is 1. The Morgan fingerprint density at radius 3 is 2.03 bits per heavy atom. The third-order valence-electron chi connectivity index (χ3n) is 15.7. The normalized spacial score (nSPS) is 27.6. The van der Waals surface area contributed by atoms with Crippen LogP contribution >= 0.6 is 0 Å². The van der Waals surface area contributed by atoms with E-state index in [4.69, 9.17) is 5.11 Å². The first-order chi connectivity index (χ1) is 30.8. The Kier molecular flexibility index (Phi) is 20.8. The molecule has 16 nitrogen and oxygen atoms in total. The Labute approximate surface area is 386 Å². The van der Waals surface area contributed by atoms with Crippen LogP contribution in [0.1, 0.15) is 157 Å². The topological polar surface area (TPSA) is 252 Å². The summed E-state index contributed by atoms with van der Waals surface area (Å²) in [7, 11) is 0. The molecule has 0 radical (unpaired) electrons. The van der Waals surface area contributed by atoms with Crippen LogP contribution in [0, 0.1) is 46.3 Å². The highest BCUT2D eigenvalue weighted by molar-refractivity contribution is 5.94. The number of nitrogens with one attached hydrogen (secondary N) is 6. The first kappa shape index (κ1) is 53.6. The highest BCUT2D eigenvalue weighted by Gasteiger charge is 2.59. The van der Waals surface area contributed by atoms with E-state index in [1.807, 2.05) is 0 Å². The van der Waals surface area contributed by atoms with Gasteiger partial charge in [0.2, 0.25) is 29.5 Å². The van der Waals surface area contributed by atoms with Gasteiger partial charge in [-0.1, -0.05) is 65.5 Å². The second-order valence-electron chi connectivity index (χ2n) is 20.8. The van der Waals surface area contributed by atoms with Crippen molar-refractivity contribution >= 4 is 41.5 Å². The minimum Gasteiger partial charge on any atom is -0.481 e. The molecule has 4 aliphatic carbocycles. The Morgan fingerprint density at radius 1 is 0.692 bits per heavy atom. The summed E-state index contributed by atoms with van der Waals surface area (Å²) in [5, 5.41) is 43.5. The number of rotatable bonds is 27. The van der Waals surface area contributed by atoms with Crippen molar-refractivity contribution < 1.29 is 48.9 Å². The van der Waals surface area contributed by atoms with Crippen LogP contribution in [-0.2, 0) is 33.6 Å². The second kappa shape index (κ2) is 25.2. The Morgan fingerprint density at radius 2 is 1.37 bits per heavy atom. The molecule has 0 aromatic carbocycles. The summed E-state index contributed by atoms with van der Waals surface area (Å²) in [5.74, 6) is -1.11. The summed E-state index contributed by atoms with van der Waals surface area (Å²) in [4.78, 5) is 86.3. The first-order valence-corrected chi connectivity index (χ1v) is 24.7. The predicted molar refractivity (Wildman–Crippen MR) is 247 cm³/mol. The SMILES string of the molecule is CC(C)CCC[C@@H](C)C1CCC2C3CC=C4C[C@@H](NCCCCC(=O)N[C@@H](CCC(=O)O)C(=O)N[C@@H](CCC(=O)O)C(=O)NCC(=O)NCC(=O)N[C@H](C)CO)CCC4(C)C3CCC21C. The van der Waals surface area contributed by atoms with Gasteiger partial charge in [0, 0.05) is 31.3 Å². The Bertz CT molecular complexity index is 1690. The summed E-state index contributed by atoms with van der Waals surface area (Å²) in [6.07, 6.45) is 16.5. The van der Waals surface area contributed by atoms with Crippen LogP contribution in [0.5, 0.6) is 0 Å². The van der Waals surface area contributed by atoms with Crippen LogP contribution in [0.3, 0.4) is 0 Å². The van der Waals surface area contributed by atoms with E-state index in [2.05, 4.69) is 72.6 Å². The maximum atomic E-state index is 13.4. The van der Waals surface area contributed by atoms with Crippen molar-refractivity contribution in [2.75, 3.05) is 26.2 Å². The average Bonchev–Trinajstić information content (AvgIpc) is 3.61. The molecule has 11 atom stereocenters. The highest BCUT2D eigenvalue weighted by atomic mass is 16.4. The highest BCUT2D eigenvalue weighted by Crippen LogP contribution is 2.67. The number of carbonyl (C=O) groups excluding carboxylic acids is 5. The van der Waals surface area contributed by atoms with Crippen LogP contribution in [0.25, 0.3) is 0 Å². The molecular weight excluding hydrogens is 833 g/mol. The van der Waals surface area contributed by atoms with E-state index in [9.17, 15) is 43.8 Å². The summed E-state index contributed by atoms with van der Waals surface area (Å²) in [6, 6.07) is -2.87. The van der Waals surface area contributed by atoms with Gasteiger partial charge in [-0.25, -0.2) is 0 Å². The smallest absolute Gasteiger partial charge is 0.303 e. The van der Waals surface area contributed by atoms with Crippen LogP contribution in [0.4, 0.5) is 0 Å². The van der Waals surface area contributed by atoms with Crippen molar-refractivity contribution in [3.63, 3.8) is 0 Å². The molecule has 0 saturated heterocycles. The maximum Gasteiger partial charge on any atom is 0.303 e. The van der Waals surface area contributed by atoms with E-state index < -0.39 is 85.5 Å². The van der Waals surface area contributed by atoms with Gasteiger partial charge in [-0.2, -0.15) is 0 Å². The molecule has 4 rings (SSSR count). The van der Waals surface area contributed by atoms with E-state index >= 15 is 0 Å². The summed E-state index contributed by atoms with van der Waals surface area (Å²) in [5.41, 5.74) is 2.37. The molecule has 0 heterocycles. The fourth-order valence-corrected chi connectivity index (χ4v) is 12.1. The largest absolute Gasteiger partial charge is 0.481 e. The number of allylic oxidation sites excluding steroid dienone is 1. The number of hydrogen-bond donors (Lipinski definition) is 9. The lowest BCUT2D eigenvalue weighted by atomic mass is 9.47. The van der Waals surface area contributed by atoms with Crippen molar-refractivity contribution in [3.05, 3.63) is 11.6 Å². The zero-order valence-electron chi connectivity index (χ0n) is 40.1. The number of aliphatic carboxylic acids is 2. The van der Waals surface area contributed by atoms with E-state index in [0.29, 0.717) is 17.9 Å². The lowest BCUT2D eigenvalue weighted by Crippen LogP contribution is -2.54. The molecule has 16 heteroatoms. The van der Waals surface area contributed by atoms with E-state index in [1.165, 1.54) is 57.8 Å². The molecule has 6 unspecified atom stereocenters. The van der Waals surface area contributed by atoms with Gasteiger partial charge in [0.05, 0.1) is 19.7 Å². The van der Waals surface area contributed by atoms with Crippen LogP contribution in [0.15, 0.2) is 11.6 Å². The Balaban J connectivity index is 1.22. The van der Waals surface area contributed by atoms with Gasteiger partial charge in [0.1, 0.15) is 12.1 Å². The molecule has 0 aromatic heterocycles. The van der Waals surface area contributed by atoms with Gasteiger partial charge in [-0.15, -0.1) is 0 Å². The van der Waals surface area contributed by atoms with Crippen molar-refractivity contribution in [3.8, 4) is 0 Å². The molecule has 368 valence electrons. The Hall–Kier alpha value is -4.05. The third-order valence-corrected chi connectivity index (χ3v) is 15.7. The number of unbranched alkanes of at least 4 members (excludes halogenated alkanes) is 1. The lowest BCUT2D eigenvalue weighted by Gasteiger charge is -2.58. The molecule has 0 spiro atoms. The minimum atomic E-state index is -1.42. The number of hydrogen-bond acceptors (Lipinski definition) is 9. The monoisotopic (exact) mass is 915 g/mol. The third kappa shape index (κ3) is 15.5. The molecule has 5 amide bonds. The van der Waals surface area contributed by atoms with E-state index in [0.717, 1.165) is 61.3 Å². The van der Waals surface area contributed by atoms with Crippen molar-refractivity contribution in [2.24, 2.45) is 46.3 Å². The van der Waals surface area contributed by atoms with Crippen molar-refractivity contribution in [1.82, 2.24) is 31.9 Å². The fraction of sp³-hybridized carbons (Fsp3) is 0.816. The predicted octanol–water partition coefficient (Wildman–Crippen LogP) is 4.58. The van der Waals surface area contributed by atoms with Gasteiger partial charge in [0.25, 0.3) is 0 Å². The number of amides is 5. The summed E-state index contributed by atoms with van der Waals surface area (Å²) < 4.78 is 0. The quantitative estimate of drug-likeness (QED) is 0.0407. The summed E-state index contributed by atoms with van der Waals surface area (Å²) >= 11 is 0. The second-order valence-corrected chi connectivity index (χ2v) is 20.8. The van der Waals surface area contributed by atoms with Crippen LogP contribution < -0.4 is 31.9 Å². The number of carbonyl (C=O) groups is 7. The van der Waals surface area contributed by atoms with Gasteiger partial charge < -0.3 is 47.2 Å². The zero-order valence-corrected chi connectivity index (χ0v) is 40.1. The van der Waals surface area contributed by atoms with E-state index in [-0.39, 0.29) is 31.3 Å². The summed E-state index contributed by atoms with van der Waals surface area (Å²) in [6.45, 7) is 13.4. The number of carboxylic acids is 2. The maximum absolute atomic E-state index is 13.4. The number of aliphatic hydroxyl groups is 1. The van der Waals surface area contributed by atoms with Crippen molar-refractivity contribution in [1.29, 1.82) is 0 Å². The van der Waals surface area contributed by atoms with Gasteiger partial charge in [-0.05, 0) is 137 Å². The zero-order chi connectivity index (χ0) is 47.9. The molecule has 9 N–H and O–H groups in total. The van der Waals surface area contributed by atoms with E-state index in [1.54, 1.807) is 12.5 Å². The van der Waals surface area contributed by atoms with Crippen LogP contribution in [0.2, 0.25) is 0 Å². The molecule has 0 aliphatic heterocycles. The fourth-order valence-electron chi connectivity index (χ4n) is 12.1. The average molecular weight is 915 g/mol. The molecule has 3 saturated carbocycles. The lowest BCUT2D eigenvalue weighted by molar-refractivity contribution is -0.139. The molecule has 0 bridgehead atoms. The van der Waals surface area contributed by atoms with Gasteiger partial charge in [-0.3, -0.25) is 33.6 Å².